The fourth-order valence-electron chi connectivity index (χ4n) is 4.78. The van der Waals surface area contributed by atoms with E-state index in [1.165, 1.54) is 12.8 Å². The molecule has 1 saturated carbocycles. The van der Waals surface area contributed by atoms with Crippen molar-refractivity contribution in [3.63, 3.8) is 0 Å². The average molecular weight is 346 g/mol. The van der Waals surface area contributed by atoms with Crippen LogP contribution >= 0.6 is 0 Å². The molecule has 25 heavy (non-hydrogen) atoms. The number of rotatable bonds is 3. The molecule has 6 nitrogen and oxygen atoms in total. The van der Waals surface area contributed by atoms with Crippen LogP contribution in [0.15, 0.2) is 6.07 Å². The van der Waals surface area contributed by atoms with Crippen molar-refractivity contribution in [2.24, 2.45) is 0 Å². The van der Waals surface area contributed by atoms with E-state index in [9.17, 15) is 4.79 Å². The van der Waals surface area contributed by atoms with Gasteiger partial charge in [-0.15, -0.1) is 0 Å². The fourth-order valence-corrected chi connectivity index (χ4v) is 4.78. The molecule has 1 aromatic heterocycles. The van der Waals surface area contributed by atoms with E-state index in [1.54, 1.807) is 0 Å². The van der Waals surface area contributed by atoms with Crippen LogP contribution in [0, 0.1) is 6.92 Å². The first kappa shape index (κ1) is 17.0. The monoisotopic (exact) mass is 346 g/mol. The van der Waals surface area contributed by atoms with Crippen LogP contribution in [0.3, 0.4) is 0 Å². The predicted octanol–water partition coefficient (Wildman–Crippen LogP) is 2.07. The maximum absolute atomic E-state index is 13.0. The Labute approximate surface area is 149 Å². The Morgan fingerprint density at radius 2 is 2.16 bits per heavy atom. The molecule has 0 unspecified atom stereocenters. The number of aryl methyl sites for hydroxylation is 1. The number of piperidine rings is 1. The number of likely N-dealkylation sites (tertiary alicyclic amines) is 1. The Bertz CT molecular complexity index is 600. The van der Waals surface area contributed by atoms with Crippen LogP contribution in [0.5, 0.6) is 0 Å². The molecule has 1 aliphatic carbocycles. The van der Waals surface area contributed by atoms with Crippen molar-refractivity contribution in [1.29, 1.82) is 0 Å². The van der Waals surface area contributed by atoms with Crippen LogP contribution in [-0.4, -0.2) is 70.8 Å². The van der Waals surface area contributed by atoms with E-state index in [0.717, 1.165) is 56.7 Å². The van der Waals surface area contributed by atoms with E-state index in [0.29, 0.717) is 31.0 Å². The van der Waals surface area contributed by atoms with Crippen molar-refractivity contribution >= 4 is 5.91 Å². The zero-order chi connectivity index (χ0) is 17.2. The van der Waals surface area contributed by atoms with E-state index in [4.69, 9.17) is 4.74 Å². The third kappa shape index (κ3) is 3.75. The van der Waals surface area contributed by atoms with Crippen molar-refractivity contribution in [1.82, 2.24) is 20.0 Å². The molecule has 3 atom stereocenters. The molecular formula is C19H30N4O2. The summed E-state index contributed by atoms with van der Waals surface area (Å²) < 4.78 is 5.91. The number of amides is 1. The number of nitrogens with one attached hydrogen (secondary N) is 1. The second-order valence-electron chi connectivity index (χ2n) is 7.90. The Morgan fingerprint density at radius 1 is 1.28 bits per heavy atom. The first-order chi connectivity index (χ1) is 12.2. The molecule has 0 bridgehead atoms. The van der Waals surface area contributed by atoms with Gasteiger partial charge in [-0.2, -0.15) is 5.10 Å². The lowest BCUT2D eigenvalue weighted by atomic mass is 9.90. The number of fused-ring (bicyclic) bond motifs is 1. The van der Waals surface area contributed by atoms with Crippen LogP contribution in [0.4, 0.5) is 0 Å². The molecule has 0 aromatic carbocycles. The van der Waals surface area contributed by atoms with Crippen molar-refractivity contribution in [2.75, 3.05) is 32.8 Å². The van der Waals surface area contributed by atoms with Crippen molar-refractivity contribution in [2.45, 2.75) is 63.5 Å². The molecule has 3 heterocycles. The lowest BCUT2D eigenvalue weighted by Gasteiger charge is -2.44. The van der Waals surface area contributed by atoms with Gasteiger partial charge in [-0.25, -0.2) is 0 Å². The van der Waals surface area contributed by atoms with Crippen molar-refractivity contribution < 1.29 is 9.53 Å². The van der Waals surface area contributed by atoms with E-state index in [1.807, 2.05) is 6.92 Å². The number of nitrogens with zero attached hydrogens (tertiary/aromatic N) is 3. The summed E-state index contributed by atoms with van der Waals surface area (Å²) in [6, 6.07) is 2.45. The Hall–Kier alpha value is -1.40. The minimum atomic E-state index is 0.271. The van der Waals surface area contributed by atoms with E-state index < -0.39 is 0 Å². The minimum Gasteiger partial charge on any atom is -0.374 e. The highest BCUT2D eigenvalue weighted by Crippen LogP contribution is 2.29. The standard InChI is InChI=1S/C19H30N4O2/c1-14-11-16(21-20-14)15-5-4-8-22(12-15)13-19(24)23-9-10-25-18-7-3-2-6-17(18)23/h11,15,17-18H,2-10,12-13H2,1H3,(H,20,21)/t15-,17-,18-/m1/s1. The van der Waals surface area contributed by atoms with E-state index in [2.05, 4.69) is 26.1 Å². The van der Waals surface area contributed by atoms with Crippen LogP contribution < -0.4 is 0 Å². The third-order valence-electron chi connectivity index (χ3n) is 6.06. The number of morpholine rings is 1. The van der Waals surface area contributed by atoms with Crippen LogP contribution in [0.25, 0.3) is 0 Å². The highest BCUT2D eigenvalue weighted by Gasteiger charge is 2.37. The lowest BCUT2D eigenvalue weighted by Crippen LogP contribution is -2.57. The van der Waals surface area contributed by atoms with Gasteiger partial charge in [0.05, 0.1) is 31.0 Å². The van der Waals surface area contributed by atoms with Gasteiger partial charge in [-0.3, -0.25) is 14.8 Å². The van der Waals surface area contributed by atoms with E-state index >= 15 is 0 Å². The van der Waals surface area contributed by atoms with Gasteiger partial charge >= 0.3 is 0 Å². The molecule has 3 fully saturated rings. The smallest absolute Gasteiger partial charge is 0.237 e. The highest BCUT2D eigenvalue weighted by atomic mass is 16.5. The van der Waals surface area contributed by atoms with Crippen molar-refractivity contribution in [3.8, 4) is 0 Å². The molecule has 1 aromatic rings. The highest BCUT2D eigenvalue weighted by molar-refractivity contribution is 5.78. The first-order valence-corrected chi connectivity index (χ1v) is 9.86. The van der Waals surface area contributed by atoms with Gasteiger partial charge < -0.3 is 9.64 Å². The number of hydrogen-bond donors (Lipinski definition) is 1. The molecule has 0 spiro atoms. The fraction of sp³-hybridized carbons (Fsp3) is 0.789. The third-order valence-corrected chi connectivity index (χ3v) is 6.06. The largest absolute Gasteiger partial charge is 0.374 e. The molecule has 138 valence electrons. The second-order valence-corrected chi connectivity index (χ2v) is 7.90. The predicted molar refractivity (Wildman–Crippen MR) is 95.4 cm³/mol. The molecule has 0 radical (unpaired) electrons. The zero-order valence-electron chi connectivity index (χ0n) is 15.2. The quantitative estimate of drug-likeness (QED) is 0.910. The summed E-state index contributed by atoms with van der Waals surface area (Å²) in [5, 5.41) is 7.48. The molecule has 2 aliphatic heterocycles. The topological polar surface area (TPSA) is 61.5 Å². The zero-order valence-corrected chi connectivity index (χ0v) is 15.2. The first-order valence-electron chi connectivity index (χ1n) is 9.86. The van der Waals surface area contributed by atoms with E-state index in [-0.39, 0.29) is 6.10 Å². The molecule has 1 N–H and O–H groups in total. The lowest BCUT2D eigenvalue weighted by molar-refractivity contribution is -0.150. The van der Waals surface area contributed by atoms with Gasteiger partial charge in [-0.05, 0) is 45.2 Å². The van der Waals surface area contributed by atoms with Crippen LogP contribution in [0.1, 0.15) is 55.8 Å². The van der Waals surface area contributed by atoms with Gasteiger partial charge in [0.25, 0.3) is 0 Å². The summed E-state index contributed by atoms with van der Waals surface area (Å²) in [5.74, 6) is 0.734. The molecule has 2 saturated heterocycles. The summed E-state index contributed by atoms with van der Waals surface area (Å²) in [6.07, 6.45) is 7.24. The molecular weight excluding hydrogens is 316 g/mol. The maximum Gasteiger partial charge on any atom is 0.237 e. The van der Waals surface area contributed by atoms with Gasteiger partial charge in [0, 0.05) is 24.7 Å². The minimum absolute atomic E-state index is 0.271. The number of carbonyl (C=O) groups is 1. The van der Waals surface area contributed by atoms with Crippen molar-refractivity contribution in [3.05, 3.63) is 17.5 Å². The summed E-state index contributed by atoms with van der Waals surface area (Å²) in [7, 11) is 0. The number of ether oxygens (including phenoxy) is 1. The number of carbonyl (C=O) groups excluding carboxylic acids is 1. The molecule has 1 amide bonds. The van der Waals surface area contributed by atoms with Gasteiger partial charge in [0.15, 0.2) is 0 Å². The SMILES string of the molecule is Cc1cc([C@@H]2CCCN(CC(=O)N3CCO[C@@H]4CCCC[C@H]43)C2)n[nH]1. The maximum atomic E-state index is 13.0. The Kier molecular flexibility index (Phi) is 5.08. The number of H-pyrrole nitrogens is 1. The number of aromatic amines is 1. The summed E-state index contributed by atoms with van der Waals surface area (Å²) in [5.41, 5.74) is 2.26. The van der Waals surface area contributed by atoms with Crippen LogP contribution in [0.2, 0.25) is 0 Å². The number of aromatic nitrogens is 2. The van der Waals surface area contributed by atoms with Crippen LogP contribution in [-0.2, 0) is 9.53 Å². The second kappa shape index (κ2) is 7.46. The summed E-state index contributed by atoms with van der Waals surface area (Å²) in [6.45, 7) is 6.00. The Morgan fingerprint density at radius 3 is 3.00 bits per heavy atom. The molecule has 6 heteroatoms. The number of hydrogen-bond acceptors (Lipinski definition) is 4. The van der Waals surface area contributed by atoms with Gasteiger partial charge in [-0.1, -0.05) is 12.8 Å². The summed E-state index contributed by atoms with van der Waals surface area (Å²) in [4.78, 5) is 17.4. The normalized spacial score (nSPS) is 30.9. The van der Waals surface area contributed by atoms with Gasteiger partial charge in [0.1, 0.15) is 0 Å². The molecule has 4 rings (SSSR count). The summed E-state index contributed by atoms with van der Waals surface area (Å²) >= 11 is 0. The average Bonchev–Trinajstić information content (AvgIpc) is 3.08. The van der Waals surface area contributed by atoms with Gasteiger partial charge in [0.2, 0.25) is 5.91 Å². The Balaban J connectivity index is 1.36. The molecule has 3 aliphatic rings.